The van der Waals surface area contributed by atoms with Gasteiger partial charge in [0.25, 0.3) is 0 Å². The first kappa shape index (κ1) is 15.2. The van der Waals surface area contributed by atoms with Crippen LogP contribution in [0.25, 0.3) is 0 Å². The van der Waals surface area contributed by atoms with Crippen LogP contribution in [0.5, 0.6) is 0 Å². The third kappa shape index (κ3) is 3.66. The van der Waals surface area contributed by atoms with Crippen molar-refractivity contribution in [2.75, 3.05) is 0 Å². The molecule has 0 bridgehead atoms. The van der Waals surface area contributed by atoms with Crippen molar-refractivity contribution in [3.8, 4) is 0 Å². The van der Waals surface area contributed by atoms with Gasteiger partial charge in [-0.15, -0.1) is 0 Å². The fourth-order valence-corrected chi connectivity index (χ4v) is 2.57. The average molecular weight is 337 g/mol. The number of hydrogen-bond acceptors (Lipinski definition) is 2. The minimum atomic E-state index is -0.251. The van der Waals surface area contributed by atoms with Crippen LogP contribution in [0.2, 0.25) is 0 Å². The smallest absolute Gasteiger partial charge is 0.142 e. The number of nitrogens with one attached hydrogen (secondary N) is 1. The molecule has 1 unspecified atom stereocenters. The minimum absolute atomic E-state index is 0.200. The van der Waals surface area contributed by atoms with E-state index in [1.165, 1.54) is 11.1 Å². The maximum atomic E-state index is 14.1. The lowest BCUT2D eigenvalue weighted by molar-refractivity contribution is 0.483. The lowest BCUT2D eigenvalue weighted by atomic mass is 9.98. The van der Waals surface area contributed by atoms with Gasteiger partial charge in [-0.3, -0.25) is 11.3 Å². The number of benzene rings is 2. The summed E-state index contributed by atoms with van der Waals surface area (Å²) in [6.07, 6.45) is 1.59. The molecule has 2 nitrogen and oxygen atoms in total. The first-order valence-electron chi connectivity index (χ1n) is 6.57. The van der Waals surface area contributed by atoms with Gasteiger partial charge >= 0.3 is 0 Å². The molecule has 2 rings (SSSR count). The molecule has 0 aliphatic heterocycles. The zero-order valence-corrected chi connectivity index (χ0v) is 13.0. The summed E-state index contributed by atoms with van der Waals surface area (Å²) in [5.74, 6) is 5.33. The SMILES string of the molecule is Cc1ccc(CCC(NN)c2cccc(Br)c2F)cc1. The molecule has 0 saturated heterocycles. The van der Waals surface area contributed by atoms with E-state index in [-0.39, 0.29) is 11.9 Å². The third-order valence-electron chi connectivity index (χ3n) is 3.40. The molecule has 2 aromatic carbocycles. The summed E-state index contributed by atoms with van der Waals surface area (Å²) >= 11 is 3.20. The summed E-state index contributed by atoms with van der Waals surface area (Å²) in [6, 6.07) is 13.4. The Kier molecular flexibility index (Phi) is 5.29. The van der Waals surface area contributed by atoms with E-state index in [0.29, 0.717) is 10.0 Å². The molecular formula is C16H18BrFN2. The highest BCUT2D eigenvalue weighted by molar-refractivity contribution is 9.10. The summed E-state index contributed by atoms with van der Waals surface area (Å²) in [5.41, 5.74) is 5.76. The predicted molar refractivity (Wildman–Crippen MR) is 83.7 cm³/mol. The van der Waals surface area contributed by atoms with Crippen molar-refractivity contribution in [2.24, 2.45) is 5.84 Å². The van der Waals surface area contributed by atoms with Crippen LogP contribution in [0, 0.1) is 12.7 Å². The Labute approximate surface area is 127 Å². The van der Waals surface area contributed by atoms with Crippen molar-refractivity contribution in [3.63, 3.8) is 0 Å². The van der Waals surface area contributed by atoms with Crippen molar-refractivity contribution in [1.29, 1.82) is 0 Å². The van der Waals surface area contributed by atoms with Crippen LogP contribution in [0.4, 0.5) is 4.39 Å². The summed E-state index contributed by atoms with van der Waals surface area (Å²) in [5, 5.41) is 0. The molecule has 1 atom stereocenters. The molecule has 0 amide bonds. The topological polar surface area (TPSA) is 38.0 Å². The second-order valence-corrected chi connectivity index (χ2v) is 5.74. The Morgan fingerprint density at radius 2 is 1.90 bits per heavy atom. The van der Waals surface area contributed by atoms with Crippen LogP contribution in [0.3, 0.4) is 0 Å². The molecule has 20 heavy (non-hydrogen) atoms. The van der Waals surface area contributed by atoms with E-state index in [4.69, 9.17) is 5.84 Å². The summed E-state index contributed by atoms with van der Waals surface area (Å²) in [7, 11) is 0. The molecule has 0 spiro atoms. The molecule has 0 aliphatic carbocycles. The summed E-state index contributed by atoms with van der Waals surface area (Å²) in [4.78, 5) is 0. The van der Waals surface area contributed by atoms with Gasteiger partial charge in [0.15, 0.2) is 0 Å². The summed E-state index contributed by atoms with van der Waals surface area (Å²) < 4.78 is 14.5. The predicted octanol–water partition coefficient (Wildman–Crippen LogP) is 4.03. The van der Waals surface area contributed by atoms with E-state index < -0.39 is 0 Å². The maximum absolute atomic E-state index is 14.1. The average Bonchev–Trinajstić information content (AvgIpc) is 2.45. The van der Waals surface area contributed by atoms with Gasteiger partial charge < -0.3 is 0 Å². The summed E-state index contributed by atoms with van der Waals surface area (Å²) in [6.45, 7) is 2.06. The van der Waals surface area contributed by atoms with Crippen LogP contribution in [-0.2, 0) is 6.42 Å². The van der Waals surface area contributed by atoms with Gasteiger partial charge in [-0.05, 0) is 47.3 Å². The molecule has 106 valence electrons. The van der Waals surface area contributed by atoms with Crippen molar-refractivity contribution >= 4 is 15.9 Å². The number of rotatable bonds is 5. The lowest BCUT2D eigenvalue weighted by Gasteiger charge is -2.17. The fraction of sp³-hybridized carbons (Fsp3) is 0.250. The standard InChI is InChI=1S/C16H18BrFN2/c1-11-5-7-12(8-6-11)9-10-15(20-19)13-3-2-4-14(17)16(13)18/h2-8,15,20H,9-10,19H2,1H3. The third-order valence-corrected chi connectivity index (χ3v) is 4.01. The Morgan fingerprint density at radius 3 is 2.55 bits per heavy atom. The van der Waals surface area contributed by atoms with Crippen molar-refractivity contribution in [3.05, 3.63) is 69.4 Å². The molecule has 2 aromatic rings. The van der Waals surface area contributed by atoms with E-state index >= 15 is 0 Å². The van der Waals surface area contributed by atoms with E-state index in [2.05, 4.69) is 52.5 Å². The number of nitrogens with two attached hydrogens (primary N) is 1. The molecular weight excluding hydrogens is 319 g/mol. The second-order valence-electron chi connectivity index (χ2n) is 4.89. The molecule has 4 heteroatoms. The Hall–Kier alpha value is -1.23. The van der Waals surface area contributed by atoms with E-state index in [1.807, 2.05) is 6.07 Å². The highest BCUT2D eigenvalue weighted by Crippen LogP contribution is 2.26. The van der Waals surface area contributed by atoms with Gasteiger partial charge in [-0.2, -0.15) is 0 Å². The number of hydrogen-bond donors (Lipinski definition) is 2. The zero-order chi connectivity index (χ0) is 14.5. The van der Waals surface area contributed by atoms with Gasteiger partial charge in [-0.1, -0.05) is 42.0 Å². The Balaban J connectivity index is 2.09. The molecule has 0 radical (unpaired) electrons. The molecule has 0 saturated carbocycles. The van der Waals surface area contributed by atoms with Crippen molar-refractivity contribution < 1.29 is 4.39 Å². The van der Waals surface area contributed by atoms with Crippen LogP contribution >= 0.6 is 15.9 Å². The first-order chi connectivity index (χ1) is 9.61. The lowest BCUT2D eigenvalue weighted by Crippen LogP contribution is -2.29. The molecule has 0 heterocycles. The fourth-order valence-electron chi connectivity index (χ4n) is 2.18. The van der Waals surface area contributed by atoms with Crippen LogP contribution < -0.4 is 11.3 Å². The van der Waals surface area contributed by atoms with E-state index in [1.54, 1.807) is 12.1 Å². The Bertz CT molecular complexity index is 569. The van der Waals surface area contributed by atoms with Crippen LogP contribution in [-0.4, -0.2) is 0 Å². The number of aryl methyl sites for hydroxylation is 2. The highest BCUT2D eigenvalue weighted by atomic mass is 79.9. The molecule has 0 aliphatic rings. The van der Waals surface area contributed by atoms with Gasteiger partial charge in [0.05, 0.1) is 4.47 Å². The quantitative estimate of drug-likeness (QED) is 0.638. The second kappa shape index (κ2) is 6.97. The van der Waals surface area contributed by atoms with Gasteiger partial charge in [-0.25, -0.2) is 4.39 Å². The number of halogens is 2. The van der Waals surface area contributed by atoms with Crippen molar-refractivity contribution in [1.82, 2.24) is 5.43 Å². The van der Waals surface area contributed by atoms with E-state index in [0.717, 1.165) is 12.8 Å². The molecule has 3 N–H and O–H groups in total. The molecule has 0 fully saturated rings. The van der Waals surface area contributed by atoms with Gasteiger partial charge in [0.1, 0.15) is 5.82 Å². The van der Waals surface area contributed by atoms with Crippen molar-refractivity contribution in [2.45, 2.75) is 25.8 Å². The monoisotopic (exact) mass is 336 g/mol. The maximum Gasteiger partial charge on any atom is 0.142 e. The zero-order valence-electron chi connectivity index (χ0n) is 11.4. The molecule has 0 aromatic heterocycles. The normalized spacial score (nSPS) is 12.4. The van der Waals surface area contributed by atoms with Gasteiger partial charge in [0, 0.05) is 11.6 Å². The van der Waals surface area contributed by atoms with Crippen LogP contribution in [0.15, 0.2) is 46.9 Å². The van der Waals surface area contributed by atoms with Gasteiger partial charge in [0.2, 0.25) is 0 Å². The highest BCUT2D eigenvalue weighted by Gasteiger charge is 2.16. The largest absolute Gasteiger partial charge is 0.271 e. The van der Waals surface area contributed by atoms with Crippen LogP contribution in [0.1, 0.15) is 29.2 Å². The van der Waals surface area contributed by atoms with E-state index in [9.17, 15) is 4.39 Å². The number of hydrazine groups is 1. The Morgan fingerprint density at radius 1 is 1.20 bits per heavy atom. The minimum Gasteiger partial charge on any atom is -0.271 e. The first-order valence-corrected chi connectivity index (χ1v) is 7.36.